The van der Waals surface area contributed by atoms with E-state index in [1.807, 2.05) is 0 Å². The average molecular weight is 415 g/mol. The molecule has 0 saturated carbocycles. The van der Waals surface area contributed by atoms with Crippen molar-refractivity contribution in [1.29, 1.82) is 0 Å². The third-order valence-electron chi connectivity index (χ3n) is 4.29. The van der Waals surface area contributed by atoms with Crippen molar-refractivity contribution in [1.82, 2.24) is 15.1 Å². The molecule has 1 fully saturated rings. The van der Waals surface area contributed by atoms with Crippen LogP contribution in [0, 0.1) is 0 Å². The summed E-state index contributed by atoms with van der Waals surface area (Å²) in [7, 11) is 0. The number of hydrogen-bond acceptors (Lipinski definition) is 5. The van der Waals surface area contributed by atoms with Crippen LogP contribution in [0.25, 0.3) is 0 Å². The van der Waals surface area contributed by atoms with Crippen molar-refractivity contribution < 1.29 is 22.7 Å². The van der Waals surface area contributed by atoms with Gasteiger partial charge in [-0.1, -0.05) is 17.7 Å². The lowest BCUT2D eigenvalue weighted by atomic mass is 10.0. The number of aromatic nitrogens is 2. The number of carbonyl (C=O) groups is 1. The zero-order chi connectivity index (χ0) is 20.5. The number of halogens is 4. The number of alkyl halides is 3. The van der Waals surface area contributed by atoms with E-state index in [-0.39, 0.29) is 25.6 Å². The quantitative estimate of drug-likeness (QED) is 0.817. The molecule has 1 aliphatic heterocycles. The van der Waals surface area contributed by atoms with Crippen molar-refractivity contribution in [2.75, 3.05) is 25.1 Å². The van der Waals surface area contributed by atoms with Crippen LogP contribution in [0.1, 0.15) is 29.9 Å². The van der Waals surface area contributed by atoms with Gasteiger partial charge in [0.15, 0.2) is 11.5 Å². The molecule has 1 aromatic carbocycles. The van der Waals surface area contributed by atoms with E-state index in [2.05, 4.69) is 15.5 Å². The second kappa shape index (κ2) is 7.56. The molecule has 1 saturated heterocycles. The van der Waals surface area contributed by atoms with Gasteiger partial charge in [-0.25, -0.2) is 0 Å². The molecule has 0 bridgehead atoms. The minimum atomic E-state index is -4.78. The zero-order valence-corrected chi connectivity index (χ0v) is 15.9. The highest BCUT2D eigenvalue weighted by molar-refractivity contribution is 6.30. The molecule has 10 heteroatoms. The summed E-state index contributed by atoms with van der Waals surface area (Å²) in [6, 6.07) is 7.20. The molecule has 2 heterocycles. The summed E-state index contributed by atoms with van der Waals surface area (Å²) in [4.78, 5) is 14.2. The summed E-state index contributed by atoms with van der Waals surface area (Å²) in [5.74, 6) is -0.977. The third-order valence-corrected chi connectivity index (χ3v) is 4.52. The first-order valence-electron chi connectivity index (χ1n) is 8.45. The molecule has 3 rings (SSSR count). The lowest BCUT2D eigenvalue weighted by Crippen LogP contribution is -2.56. The SMILES string of the molecule is CC1(C)COCCN1C(=O)c1nnc(Nc2cccc(Cl)c2)cc1C(F)(F)F. The Labute approximate surface area is 164 Å². The molecule has 0 unspecified atom stereocenters. The molecule has 1 amide bonds. The van der Waals surface area contributed by atoms with Gasteiger partial charge in [0.2, 0.25) is 0 Å². The van der Waals surface area contributed by atoms with Crippen molar-refractivity contribution in [3.8, 4) is 0 Å². The van der Waals surface area contributed by atoms with Crippen molar-refractivity contribution in [2.45, 2.75) is 25.6 Å². The Bertz CT molecular complexity index is 889. The maximum absolute atomic E-state index is 13.6. The van der Waals surface area contributed by atoms with Crippen LogP contribution in [0.4, 0.5) is 24.7 Å². The third kappa shape index (κ3) is 4.36. The minimum Gasteiger partial charge on any atom is -0.377 e. The van der Waals surface area contributed by atoms with E-state index in [1.54, 1.807) is 32.0 Å². The second-order valence-electron chi connectivity index (χ2n) is 6.95. The number of ether oxygens (including phenoxy) is 1. The minimum absolute atomic E-state index is 0.146. The first kappa shape index (κ1) is 20.3. The highest BCUT2D eigenvalue weighted by Gasteiger charge is 2.42. The largest absolute Gasteiger partial charge is 0.418 e. The number of amides is 1. The predicted molar refractivity (Wildman–Crippen MR) is 97.7 cm³/mol. The van der Waals surface area contributed by atoms with Gasteiger partial charge in [0.25, 0.3) is 5.91 Å². The average Bonchev–Trinajstić information content (AvgIpc) is 2.60. The van der Waals surface area contributed by atoms with Crippen LogP contribution in [0.5, 0.6) is 0 Å². The van der Waals surface area contributed by atoms with E-state index >= 15 is 0 Å². The number of hydrogen-bond donors (Lipinski definition) is 1. The normalized spacial score (nSPS) is 16.7. The predicted octanol–water partition coefficient (Wildman–Crippen LogP) is 4.14. The molecule has 0 radical (unpaired) electrons. The topological polar surface area (TPSA) is 67.3 Å². The Kier molecular flexibility index (Phi) is 5.49. The van der Waals surface area contributed by atoms with Gasteiger partial charge in [0.05, 0.1) is 24.3 Å². The zero-order valence-electron chi connectivity index (χ0n) is 15.2. The number of nitrogens with one attached hydrogen (secondary N) is 1. The molecule has 0 aliphatic carbocycles. The van der Waals surface area contributed by atoms with Crippen molar-refractivity contribution in [2.24, 2.45) is 0 Å². The number of rotatable bonds is 3. The standard InChI is InChI=1S/C18H18ClF3N4O2/c1-17(2)10-28-7-6-26(17)16(27)15-13(18(20,21)22)9-14(24-25-15)23-12-5-3-4-11(19)8-12/h3-5,8-9H,6-7,10H2,1-2H3,(H,23,24). The second-order valence-corrected chi connectivity index (χ2v) is 7.38. The summed E-state index contributed by atoms with van der Waals surface area (Å²) >= 11 is 5.88. The van der Waals surface area contributed by atoms with E-state index in [0.29, 0.717) is 10.7 Å². The Morgan fingerprint density at radius 3 is 2.68 bits per heavy atom. The molecule has 0 atom stereocenters. The molecule has 1 aromatic heterocycles. The molecule has 1 N–H and O–H groups in total. The lowest BCUT2D eigenvalue weighted by Gasteiger charge is -2.42. The number of carbonyl (C=O) groups excluding carboxylic acids is 1. The van der Waals surface area contributed by atoms with Gasteiger partial charge in [-0.15, -0.1) is 10.2 Å². The van der Waals surface area contributed by atoms with Gasteiger partial charge in [-0.3, -0.25) is 4.79 Å². The number of anilines is 2. The van der Waals surface area contributed by atoms with E-state index in [4.69, 9.17) is 16.3 Å². The molecule has 1 aliphatic rings. The summed E-state index contributed by atoms with van der Waals surface area (Å²) in [6.45, 7) is 4.09. The van der Waals surface area contributed by atoms with Crippen LogP contribution in [0.15, 0.2) is 30.3 Å². The number of morpholine rings is 1. The van der Waals surface area contributed by atoms with Crippen LogP contribution in [0.2, 0.25) is 5.02 Å². The van der Waals surface area contributed by atoms with E-state index in [1.165, 1.54) is 11.0 Å². The van der Waals surface area contributed by atoms with Crippen LogP contribution in [-0.2, 0) is 10.9 Å². The summed E-state index contributed by atoms with van der Waals surface area (Å²) in [5, 5.41) is 10.5. The van der Waals surface area contributed by atoms with Gasteiger partial charge < -0.3 is 15.0 Å². The molecule has 0 spiro atoms. The highest BCUT2D eigenvalue weighted by Crippen LogP contribution is 2.34. The van der Waals surface area contributed by atoms with Crippen LogP contribution in [0.3, 0.4) is 0 Å². The Morgan fingerprint density at radius 1 is 1.29 bits per heavy atom. The van der Waals surface area contributed by atoms with E-state index < -0.39 is 28.9 Å². The van der Waals surface area contributed by atoms with Crippen molar-refractivity contribution >= 4 is 29.0 Å². The maximum atomic E-state index is 13.6. The van der Waals surface area contributed by atoms with E-state index in [9.17, 15) is 18.0 Å². The van der Waals surface area contributed by atoms with Crippen molar-refractivity contribution in [3.05, 3.63) is 46.6 Å². The van der Waals surface area contributed by atoms with Crippen LogP contribution >= 0.6 is 11.6 Å². The molecular weight excluding hydrogens is 397 g/mol. The van der Waals surface area contributed by atoms with Crippen LogP contribution in [-0.4, -0.2) is 46.3 Å². The molecule has 150 valence electrons. The Hall–Kier alpha value is -2.39. The monoisotopic (exact) mass is 414 g/mol. The van der Waals surface area contributed by atoms with Gasteiger partial charge in [-0.2, -0.15) is 13.2 Å². The van der Waals surface area contributed by atoms with E-state index in [0.717, 1.165) is 6.07 Å². The maximum Gasteiger partial charge on any atom is 0.418 e. The fourth-order valence-electron chi connectivity index (χ4n) is 2.90. The summed E-state index contributed by atoms with van der Waals surface area (Å²) < 4.78 is 46.2. The Morgan fingerprint density at radius 2 is 2.04 bits per heavy atom. The fraction of sp³-hybridized carbons (Fsp3) is 0.389. The Balaban J connectivity index is 1.96. The molecule has 2 aromatic rings. The summed E-state index contributed by atoms with van der Waals surface area (Å²) in [5.41, 5.74) is -2.20. The highest BCUT2D eigenvalue weighted by atomic mass is 35.5. The van der Waals surface area contributed by atoms with Gasteiger partial charge in [0, 0.05) is 17.3 Å². The van der Waals surface area contributed by atoms with Gasteiger partial charge >= 0.3 is 6.18 Å². The number of benzene rings is 1. The molecular formula is C18H18ClF3N4O2. The smallest absolute Gasteiger partial charge is 0.377 e. The molecule has 6 nitrogen and oxygen atoms in total. The van der Waals surface area contributed by atoms with Crippen molar-refractivity contribution in [3.63, 3.8) is 0 Å². The summed E-state index contributed by atoms with van der Waals surface area (Å²) in [6.07, 6.45) is -4.78. The fourth-order valence-corrected chi connectivity index (χ4v) is 3.09. The molecule has 28 heavy (non-hydrogen) atoms. The first-order valence-corrected chi connectivity index (χ1v) is 8.83. The van der Waals surface area contributed by atoms with Gasteiger partial charge in [-0.05, 0) is 38.1 Å². The van der Waals surface area contributed by atoms with Gasteiger partial charge in [0.1, 0.15) is 0 Å². The first-order chi connectivity index (χ1) is 13.1. The lowest BCUT2D eigenvalue weighted by molar-refractivity contribution is -0.138. The van der Waals surface area contributed by atoms with Crippen LogP contribution < -0.4 is 5.32 Å². The number of nitrogens with zero attached hydrogens (tertiary/aromatic N) is 3.